The molecule has 0 fully saturated rings. The summed E-state index contributed by atoms with van der Waals surface area (Å²) in [6, 6.07) is 3.42. The number of carboxylic acid groups (broad SMARTS) is 1. The second-order valence-electron chi connectivity index (χ2n) is 5.08. The fourth-order valence-electron chi connectivity index (χ4n) is 2.90. The van der Waals surface area contributed by atoms with E-state index in [4.69, 9.17) is 23.2 Å². The molecule has 0 spiro atoms. The van der Waals surface area contributed by atoms with Crippen molar-refractivity contribution in [2.75, 3.05) is 0 Å². The van der Waals surface area contributed by atoms with E-state index in [1.165, 1.54) is 0 Å². The molecule has 1 aromatic heterocycles. The van der Waals surface area contributed by atoms with Crippen molar-refractivity contribution >= 4 is 40.1 Å². The van der Waals surface area contributed by atoms with Gasteiger partial charge in [0.15, 0.2) is 0 Å². The maximum absolute atomic E-state index is 11.2. The number of fused-ring (bicyclic) bond motifs is 2. The summed E-state index contributed by atoms with van der Waals surface area (Å²) in [5.74, 6) is -0.846. The number of hydrogen-bond donors (Lipinski definition) is 1. The predicted molar refractivity (Wildman–Crippen MR) is 79.7 cm³/mol. The average molecular weight is 310 g/mol. The number of rotatable bonds is 2. The lowest BCUT2D eigenvalue weighted by atomic mass is 9.88. The Morgan fingerprint density at radius 3 is 2.75 bits per heavy atom. The molecule has 1 aliphatic rings. The fraction of sp³-hybridized carbons (Fsp3) is 0.333. The maximum Gasteiger partial charge on any atom is 0.307 e. The predicted octanol–water partition coefficient (Wildman–Crippen LogP) is 4.05. The Morgan fingerprint density at radius 2 is 2.00 bits per heavy atom. The van der Waals surface area contributed by atoms with E-state index in [0.29, 0.717) is 15.6 Å². The number of aliphatic carboxylic acids is 1. The van der Waals surface area contributed by atoms with Crippen LogP contribution < -0.4 is 0 Å². The van der Waals surface area contributed by atoms with Crippen molar-refractivity contribution in [3.8, 4) is 0 Å². The third kappa shape index (κ3) is 2.36. The number of aryl methyl sites for hydroxylation is 1. The molecule has 0 amide bonds. The molecule has 0 atom stereocenters. The normalized spacial score (nSPS) is 14.3. The van der Waals surface area contributed by atoms with E-state index in [1.807, 2.05) is 0 Å². The second-order valence-corrected chi connectivity index (χ2v) is 5.92. The van der Waals surface area contributed by atoms with Crippen molar-refractivity contribution in [2.45, 2.75) is 32.1 Å². The molecule has 2 aromatic rings. The summed E-state index contributed by atoms with van der Waals surface area (Å²) < 4.78 is 0. The lowest BCUT2D eigenvalue weighted by Crippen LogP contribution is -2.13. The number of hydrogen-bond acceptors (Lipinski definition) is 2. The highest BCUT2D eigenvalue weighted by Crippen LogP contribution is 2.34. The highest BCUT2D eigenvalue weighted by molar-refractivity contribution is 6.38. The molecule has 1 heterocycles. The van der Waals surface area contributed by atoms with Crippen LogP contribution in [-0.4, -0.2) is 16.1 Å². The minimum atomic E-state index is -0.846. The SMILES string of the molecule is O=C(O)Cc1c2c(nc3c(Cl)cc(Cl)cc13)CCCC2. The van der Waals surface area contributed by atoms with Gasteiger partial charge in [0.25, 0.3) is 0 Å². The molecule has 0 unspecified atom stereocenters. The number of pyridine rings is 1. The van der Waals surface area contributed by atoms with Crippen molar-refractivity contribution < 1.29 is 9.90 Å². The van der Waals surface area contributed by atoms with Crippen molar-refractivity contribution in [3.63, 3.8) is 0 Å². The average Bonchev–Trinajstić information content (AvgIpc) is 2.39. The molecule has 1 aromatic carbocycles. The van der Waals surface area contributed by atoms with E-state index in [9.17, 15) is 9.90 Å². The van der Waals surface area contributed by atoms with Crippen LogP contribution in [0.2, 0.25) is 10.0 Å². The molecule has 5 heteroatoms. The molecule has 20 heavy (non-hydrogen) atoms. The zero-order valence-electron chi connectivity index (χ0n) is 10.7. The Balaban J connectivity index is 2.36. The van der Waals surface area contributed by atoms with Crippen LogP contribution in [0.25, 0.3) is 10.9 Å². The van der Waals surface area contributed by atoms with Gasteiger partial charge >= 0.3 is 5.97 Å². The van der Waals surface area contributed by atoms with Crippen LogP contribution >= 0.6 is 23.2 Å². The molecule has 0 aliphatic heterocycles. The Morgan fingerprint density at radius 1 is 1.25 bits per heavy atom. The summed E-state index contributed by atoms with van der Waals surface area (Å²) in [5, 5.41) is 10.9. The lowest BCUT2D eigenvalue weighted by Gasteiger charge is -2.20. The summed E-state index contributed by atoms with van der Waals surface area (Å²) in [5.41, 5.74) is 3.54. The van der Waals surface area contributed by atoms with Crippen LogP contribution in [-0.2, 0) is 24.1 Å². The van der Waals surface area contributed by atoms with Crippen LogP contribution in [0.3, 0.4) is 0 Å². The zero-order chi connectivity index (χ0) is 14.3. The van der Waals surface area contributed by atoms with E-state index in [1.54, 1.807) is 12.1 Å². The van der Waals surface area contributed by atoms with Gasteiger partial charge in [-0.05, 0) is 48.9 Å². The van der Waals surface area contributed by atoms with Gasteiger partial charge in [-0.25, -0.2) is 0 Å². The largest absolute Gasteiger partial charge is 0.481 e. The van der Waals surface area contributed by atoms with Crippen LogP contribution in [0.1, 0.15) is 29.7 Å². The van der Waals surface area contributed by atoms with Crippen LogP contribution in [0.4, 0.5) is 0 Å². The van der Waals surface area contributed by atoms with Gasteiger partial charge in [-0.2, -0.15) is 0 Å². The molecule has 0 saturated heterocycles. The topological polar surface area (TPSA) is 50.2 Å². The summed E-state index contributed by atoms with van der Waals surface area (Å²) in [7, 11) is 0. The van der Waals surface area contributed by atoms with Gasteiger partial charge < -0.3 is 5.11 Å². The summed E-state index contributed by atoms with van der Waals surface area (Å²) >= 11 is 12.3. The van der Waals surface area contributed by atoms with Crippen molar-refractivity contribution in [1.29, 1.82) is 0 Å². The van der Waals surface area contributed by atoms with E-state index in [2.05, 4.69) is 4.98 Å². The molecular weight excluding hydrogens is 297 g/mol. The van der Waals surface area contributed by atoms with Gasteiger partial charge in [0.2, 0.25) is 0 Å². The Labute approximate surface area is 126 Å². The Hall–Kier alpha value is -1.32. The van der Waals surface area contributed by atoms with E-state index in [0.717, 1.165) is 47.9 Å². The van der Waals surface area contributed by atoms with Gasteiger partial charge in [0, 0.05) is 16.1 Å². The Bertz CT molecular complexity index is 713. The molecule has 0 bridgehead atoms. The number of carbonyl (C=O) groups is 1. The molecule has 104 valence electrons. The van der Waals surface area contributed by atoms with Gasteiger partial charge in [0.05, 0.1) is 17.0 Å². The maximum atomic E-state index is 11.2. The smallest absolute Gasteiger partial charge is 0.307 e. The number of nitrogens with zero attached hydrogens (tertiary/aromatic N) is 1. The standard InChI is InChI=1S/C15H13Cl2NO2/c16-8-5-11-10(7-14(19)20)9-3-1-2-4-13(9)18-15(11)12(17)6-8/h5-6H,1-4,7H2,(H,19,20). The number of aromatic nitrogens is 1. The number of carboxylic acids is 1. The van der Waals surface area contributed by atoms with Gasteiger partial charge in [-0.1, -0.05) is 23.2 Å². The minimum absolute atomic E-state index is 0.0158. The third-order valence-corrected chi connectivity index (χ3v) is 4.24. The minimum Gasteiger partial charge on any atom is -0.481 e. The molecule has 3 rings (SSSR count). The number of halogens is 2. The second kappa shape index (κ2) is 5.23. The number of benzene rings is 1. The first kappa shape index (κ1) is 13.7. The van der Waals surface area contributed by atoms with Crippen LogP contribution in [0.5, 0.6) is 0 Å². The fourth-order valence-corrected chi connectivity index (χ4v) is 3.43. The molecule has 1 N–H and O–H groups in total. The van der Waals surface area contributed by atoms with E-state index < -0.39 is 5.97 Å². The Kier molecular flexibility index (Phi) is 3.57. The highest BCUT2D eigenvalue weighted by atomic mass is 35.5. The molecule has 1 aliphatic carbocycles. The zero-order valence-corrected chi connectivity index (χ0v) is 12.3. The molecule has 0 saturated carbocycles. The van der Waals surface area contributed by atoms with Gasteiger partial charge in [-0.15, -0.1) is 0 Å². The molecule has 3 nitrogen and oxygen atoms in total. The lowest BCUT2D eigenvalue weighted by molar-refractivity contribution is -0.136. The van der Waals surface area contributed by atoms with E-state index in [-0.39, 0.29) is 6.42 Å². The summed E-state index contributed by atoms with van der Waals surface area (Å²) in [4.78, 5) is 15.8. The monoisotopic (exact) mass is 309 g/mol. The molecular formula is C15H13Cl2NO2. The first-order chi connectivity index (χ1) is 9.56. The van der Waals surface area contributed by atoms with Gasteiger partial charge in [0.1, 0.15) is 0 Å². The van der Waals surface area contributed by atoms with Crippen LogP contribution in [0, 0.1) is 0 Å². The first-order valence-electron chi connectivity index (χ1n) is 6.57. The summed E-state index contributed by atoms with van der Waals surface area (Å²) in [6.45, 7) is 0. The van der Waals surface area contributed by atoms with E-state index >= 15 is 0 Å². The summed E-state index contributed by atoms with van der Waals surface area (Å²) in [6.07, 6.45) is 3.91. The van der Waals surface area contributed by atoms with Crippen molar-refractivity contribution in [3.05, 3.63) is 39.0 Å². The third-order valence-electron chi connectivity index (χ3n) is 3.73. The molecule has 0 radical (unpaired) electrons. The van der Waals surface area contributed by atoms with Crippen molar-refractivity contribution in [1.82, 2.24) is 4.98 Å². The highest BCUT2D eigenvalue weighted by Gasteiger charge is 2.21. The quantitative estimate of drug-likeness (QED) is 0.910. The van der Waals surface area contributed by atoms with Gasteiger partial charge in [-0.3, -0.25) is 9.78 Å². The van der Waals surface area contributed by atoms with Crippen LogP contribution in [0.15, 0.2) is 12.1 Å². The first-order valence-corrected chi connectivity index (χ1v) is 7.33. The van der Waals surface area contributed by atoms with Crippen molar-refractivity contribution in [2.24, 2.45) is 0 Å².